The Morgan fingerprint density at radius 2 is 1.18 bits per heavy atom. The fraction of sp³-hybridized carbons (Fsp3) is 0. The number of hydrogen-bond acceptors (Lipinski definition) is 5. The molecule has 0 amide bonds. The summed E-state index contributed by atoms with van der Waals surface area (Å²) >= 11 is 1.80. The summed E-state index contributed by atoms with van der Waals surface area (Å²) in [7, 11) is 0. The Hall–Kier alpha value is -4.87. The molecular formula is C33H19N3OS. The Kier molecular flexibility index (Phi) is 4.66. The summed E-state index contributed by atoms with van der Waals surface area (Å²) < 4.78 is 8.74. The smallest absolute Gasteiger partial charge is 0.136 e. The fourth-order valence-corrected chi connectivity index (χ4v) is 6.65. The first kappa shape index (κ1) is 21.2. The molecule has 0 unspecified atom stereocenters. The number of hydrogen-bond donors (Lipinski definition) is 0. The monoisotopic (exact) mass is 505 g/mol. The maximum atomic E-state index is 6.27. The number of furan rings is 1. The Bertz CT molecular complexity index is 2140. The number of thiophene rings is 1. The van der Waals surface area contributed by atoms with Gasteiger partial charge in [0.25, 0.3) is 0 Å². The van der Waals surface area contributed by atoms with Gasteiger partial charge in [0.15, 0.2) is 0 Å². The molecule has 0 bridgehead atoms. The van der Waals surface area contributed by atoms with Crippen LogP contribution in [0.2, 0.25) is 0 Å². The first-order chi connectivity index (χ1) is 18.9. The maximum Gasteiger partial charge on any atom is 0.136 e. The predicted molar refractivity (Wildman–Crippen MR) is 156 cm³/mol. The second kappa shape index (κ2) is 8.33. The van der Waals surface area contributed by atoms with Gasteiger partial charge in [-0.2, -0.15) is 0 Å². The number of aromatic nitrogens is 3. The molecule has 38 heavy (non-hydrogen) atoms. The van der Waals surface area contributed by atoms with Crippen LogP contribution >= 0.6 is 11.3 Å². The van der Waals surface area contributed by atoms with Crippen molar-refractivity contribution in [2.75, 3.05) is 0 Å². The van der Waals surface area contributed by atoms with E-state index in [1.165, 1.54) is 20.2 Å². The average molecular weight is 506 g/mol. The third kappa shape index (κ3) is 3.12. The molecule has 8 aromatic rings. The summed E-state index contributed by atoms with van der Waals surface area (Å²) in [6.07, 6.45) is 0. The van der Waals surface area contributed by atoms with E-state index in [-0.39, 0.29) is 0 Å². The molecule has 0 aliphatic heterocycles. The SMILES string of the molecule is c1ccc(-c2nnnc(-c3cccc4sc5ccccc5c34)c2-c2cccc3oc4ccccc4c23)cc1. The van der Waals surface area contributed by atoms with Gasteiger partial charge in [0.2, 0.25) is 0 Å². The molecule has 3 aromatic heterocycles. The van der Waals surface area contributed by atoms with Crippen molar-refractivity contribution in [1.29, 1.82) is 0 Å². The van der Waals surface area contributed by atoms with Crippen LogP contribution in [0.1, 0.15) is 0 Å². The molecule has 0 aliphatic rings. The summed E-state index contributed by atoms with van der Waals surface area (Å²) in [6.45, 7) is 0. The molecule has 0 atom stereocenters. The molecule has 3 heterocycles. The molecular weight excluding hydrogens is 486 g/mol. The Balaban J connectivity index is 1.55. The van der Waals surface area contributed by atoms with Crippen LogP contribution in [-0.4, -0.2) is 15.4 Å². The largest absolute Gasteiger partial charge is 0.456 e. The van der Waals surface area contributed by atoms with Gasteiger partial charge in [-0.15, -0.1) is 21.5 Å². The van der Waals surface area contributed by atoms with Crippen LogP contribution in [0.15, 0.2) is 120 Å². The molecule has 0 spiro atoms. The molecule has 178 valence electrons. The van der Waals surface area contributed by atoms with Crippen molar-refractivity contribution in [3.05, 3.63) is 115 Å². The lowest BCUT2D eigenvalue weighted by atomic mass is 9.91. The normalized spacial score (nSPS) is 11.7. The van der Waals surface area contributed by atoms with Gasteiger partial charge in [0.05, 0.1) is 0 Å². The summed E-state index contributed by atoms with van der Waals surface area (Å²) in [5.74, 6) is 0. The predicted octanol–water partition coefficient (Wildman–Crippen LogP) is 9.14. The van der Waals surface area contributed by atoms with Crippen LogP contribution in [0.3, 0.4) is 0 Å². The van der Waals surface area contributed by atoms with Gasteiger partial charge in [-0.05, 0) is 35.0 Å². The molecule has 0 N–H and O–H groups in total. The number of para-hydroxylation sites is 1. The van der Waals surface area contributed by atoms with E-state index in [0.29, 0.717) is 0 Å². The maximum absolute atomic E-state index is 6.27. The first-order valence-corrected chi connectivity index (χ1v) is 13.3. The highest BCUT2D eigenvalue weighted by Gasteiger charge is 2.23. The van der Waals surface area contributed by atoms with E-state index >= 15 is 0 Å². The van der Waals surface area contributed by atoms with E-state index in [0.717, 1.165) is 55.6 Å². The van der Waals surface area contributed by atoms with Crippen LogP contribution in [0, 0.1) is 0 Å². The lowest BCUT2D eigenvalue weighted by molar-refractivity contribution is 0.669. The zero-order valence-corrected chi connectivity index (χ0v) is 20.9. The highest BCUT2D eigenvalue weighted by Crippen LogP contribution is 2.46. The zero-order valence-electron chi connectivity index (χ0n) is 20.1. The molecule has 0 fully saturated rings. The van der Waals surface area contributed by atoms with Crippen molar-refractivity contribution in [2.24, 2.45) is 0 Å². The van der Waals surface area contributed by atoms with E-state index in [4.69, 9.17) is 9.52 Å². The van der Waals surface area contributed by atoms with Crippen LogP contribution in [0.5, 0.6) is 0 Å². The molecule has 0 aliphatic carbocycles. The first-order valence-electron chi connectivity index (χ1n) is 12.5. The van der Waals surface area contributed by atoms with Crippen LogP contribution < -0.4 is 0 Å². The van der Waals surface area contributed by atoms with Crippen LogP contribution in [-0.2, 0) is 0 Å². The lowest BCUT2D eigenvalue weighted by Crippen LogP contribution is -2.00. The third-order valence-electron chi connectivity index (χ3n) is 7.14. The van der Waals surface area contributed by atoms with Gasteiger partial charge in [0.1, 0.15) is 22.6 Å². The second-order valence-corrected chi connectivity index (χ2v) is 10.4. The van der Waals surface area contributed by atoms with E-state index < -0.39 is 0 Å². The minimum absolute atomic E-state index is 0.796. The molecule has 0 radical (unpaired) electrons. The van der Waals surface area contributed by atoms with Crippen molar-refractivity contribution in [1.82, 2.24) is 15.4 Å². The van der Waals surface area contributed by atoms with Gasteiger partial charge < -0.3 is 4.42 Å². The van der Waals surface area contributed by atoms with E-state index in [1.54, 1.807) is 11.3 Å². The fourth-order valence-electron chi connectivity index (χ4n) is 5.52. The van der Waals surface area contributed by atoms with E-state index in [1.807, 2.05) is 48.5 Å². The Morgan fingerprint density at radius 1 is 0.500 bits per heavy atom. The number of rotatable bonds is 3. The summed E-state index contributed by atoms with van der Waals surface area (Å²) in [4.78, 5) is 0. The number of benzene rings is 5. The quantitative estimate of drug-likeness (QED) is 0.240. The molecule has 0 saturated carbocycles. The Morgan fingerprint density at radius 3 is 2.11 bits per heavy atom. The van der Waals surface area contributed by atoms with Crippen molar-refractivity contribution in [2.45, 2.75) is 0 Å². The summed E-state index contributed by atoms with van der Waals surface area (Å²) in [6, 6.07) is 39.6. The van der Waals surface area contributed by atoms with E-state index in [2.05, 4.69) is 77.0 Å². The van der Waals surface area contributed by atoms with E-state index in [9.17, 15) is 0 Å². The highest BCUT2D eigenvalue weighted by molar-refractivity contribution is 7.25. The third-order valence-corrected chi connectivity index (χ3v) is 8.28. The zero-order chi connectivity index (χ0) is 25.1. The molecule has 0 saturated heterocycles. The highest BCUT2D eigenvalue weighted by atomic mass is 32.1. The molecule has 8 rings (SSSR count). The molecule has 5 heteroatoms. The Labute approximate surface area is 221 Å². The second-order valence-electron chi connectivity index (χ2n) is 9.28. The van der Waals surface area contributed by atoms with Crippen LogP contribution in [0.4, 0.5) is 0 Å². The summed E-state index contributed by atoms with van der Waals surface area (Å²) in [5.41, 5.74) is 7.32. The number of nitrogens with zero attached hydrogens (tertiary/aromatic N) is 3. The van der Waals surface area contributed by atoms with Gasteiger partial charge in [-0.1, -0.05) is 91.0 Å². The molecule has 5 aromatic carbocycles. The summed E-state index contributed by atoms with van der Waals surface area (Å²) in [5, 5.41) is 18.2. The van der Waals surface area contributed by atoms with Crippen molar-refractivity contribution < 1.29 is 4.42 Å². The van der Waals surface area contributed by atoms with Gasteiger partial charge >= 0.3 is 0 Å². The minimum atomic E-state index is 0.796. The standard InChI is InChI=1S/C33H19N3OS/c1-2-10-20(11-3-1)32-31(23-14-8-17-26-29(23)21-12-4-6-16-25(21)37-26)33(35-36-34-32)24-15-9-19-28-30(24)22-13-5-7-18-27(22)38-28/h1-19H. The van der Waals surface area contributed by atoms with Crippen molar-refractivity contribution in [3.8, 4) is 33.6 Å². The molecule has 4 nitrogen and oxygen atoms in total. The average Bonchev–Trinajstić information content (AvgIpc) is 3.56. The minimum Gasteiger partial charge on any atom is -0.456 e. The van der Waals surface area contributed by atoms with Crippen LogP contribution in [0.25, 0.3) is 75.8 Å². The lowest BCUT2D eigenvalue weighted by Gasteiger charge is -2.15. The van der Waals surface area contributed by atoms with Crippen molar-refractivity contribution in [3.63, 3.8) is 0 Å². The van der Waals surface area contributed by atoms with Gasteiger partial charge in [-0.25, -0.2) is 0 Å². The van der Waals surface area contributed by atoms with Crippen molar-refractivity contribution >= 4 is 53.4 Å². The number of fused-ring (bicyclic) bond motifs is 6. The van der Waals surface area contributed by atoms with Gasteiger partial charge in [0, 0.05) is 47.6 Å². The van der Waals surface area contributed by atoms with Gasteiger partial charge in [-0.3, -0.25) is 0 Å². The topological polar surface area (TPSA) is 51.8 Å².